The molecule has 3 saturated carbocycles. The highest BCUT2D eigenvalue weighted by Crippen LogP contribution is 3.03. The van der Waals surface area contributed by atoms with E-state index in [0.717, 1.165) is 28.4 Å². The molecular formula is C26H23N3O. The van der Waals surface area contributed by atoms with Gasteiger partial charge in [-0.15, -0.1) is 15.0 Å². The summed E-state index contributed by atoms with van der Waals surface area (Å²) < 4.78 is 0. The molecule has 0 aliphatic heterocycles. The van der Waals surface area contributed by atoms with E-state index in [-0.39, 0.29) is 11.2 Å². The Morgan fingerprint density at radius 2 is 1.60 bits per heavy atom. The number of nitrogens with zero attached hydrogens (tertiary/aromatic N) is 3. The van der Waals surface area contributed by atoms with Crippen LogP contribution in [0.3, 0.4) is 0 Å². The van der Waals surface area contributed by atoms with Crippen LogP contribution in [-0.4, -0.2) is 20.1 Å². The van der Waals surface area contributed by atoms with Gasteiger partial charge >= 0.3 is 0 Å². The predicted molar refractivity (Wildman–Crippen MR) is 116 cm³/mol. The molecule has 0 saturated heterocycles. The predicted octanol–water partition coefficient (Wildman–Crippen LogP) is 5.19. The van der Waals surface area contributed by atoms with E-state index in [2.05, 4.69) is 60.4 Å². The van der Waals surface area contributed by atoms with Crippen LogP contribution in [-0.2, 0) is 5.41 Å². The molecule has 3 aliphatic carbocycles. The summed E-state index contributed by atoms with van der Waals surface area (Å²) >= 11 is 0. The third-order valence-electron chi connectivity index (χ3n) is 8.02. The summed E-state index contributed by atoms with van der Waals surface area (Å²) in [6, 6.07) is 22.6. The van der Waals surface area contributed by atoms with E-state index in [9.17, 15) is 5.11 Å². The number of phenolic OH excluding ortho intramolecular Hbond substituents is 1. The van der Waals surface area contributed by atoms with E-state index >= 15 is 0 Å². The molecule has 4 aromatic rings. The molecule has 1 N–H and O–H groups in total. The minimum atomic E-state index is -0.331. The molecule has 148 valence electrons. The molecule has 3 aliphatic rings. The van der Waals surface area contributed by atoms with E-state index in [1.54, 1.807) is 4.80 Å². The summed E-state index contributed by atoms with van der Waals surface area (Å²) in [5.41, 5.74) is 6.10. The van der Waals surface area contributed by atoms with Gasteiger partial charge in [0.05, 0.1) is 0 Å². The first-order chi connectivity index (χ1) is 14.5. The van der Waals surface area contributed by atoms with Crippen LogP contribution in [0.15, 0.2) is 66.7 Å². The second-order valence-electron chi connectivity index (χ2n) is 9.83. The molecule has 4 heteroatoms. The molecule has 0 bridgehead atoms. The zero-order valence-electron chi connectivity index (χ0n) is 17.1. The monoisotopic (exact) mass is 393 g/mol. The molecule has 4 atom stereocenters. The van der Waals surface area contributed by atoms with Crippen LogP contribution < -0.4 is 0 Å². The van der Waals surface area contributed by atoms with E-state index < -0.39 is 0 Å². The molecular weight excluding hydrogens is 370 g/mol. The maximum absolute atomic E-state index is 11.4. The fraction of sp³-hybridized carbons (Fsp3) is 0.308. The number of rotatable bonds is 4. The number of phenols is 1. The lowest BCUT2D eigenvalue weighted by molar-refractivity contribution is 0.445. The third-order valence-corrected chi connectivity index (χ3v) is 8.02. The van der Waals surface area contributed by atoms with Crippen molar-refractivity contribution in [2.75, 3.05) is 0 Å². The molecule has 4 unspecified atom stereocenters. The van der Waals surface area contributed by atoms with Gasteiger partial charge in [-0.05, 0) is 58.9 Å². The molecule has 30 heavy (non-hydrogen) atoms. The summed E-state index contributed by atoms with van der Waals surface area (Å²) in [7, 11) is 0. The van der Waals surface area contributed by atoms with Crippen LogP contribution in [0.4, 0.5) is 0 Å². The SMILES string of the molecule is CC(C)(c1ccccc1)c1cc(C2C3C4CC423)cc(-n2nc3ccccc3n2)c1O. The summed E-state index contributed by atoms with van der Waals surface area (Å²) in [6.07, 6.45) is 1.39. The normalized spacial score (nSPS) is 28.1. The smallest absolute Gasteiger partial charge is 0.147 e. The molecule has 3 aromatic carbocycles. The number of hydrogen-bond donors (Lipinski definition) is 1. The Labute approximate surface area is 175 Å². The first-order valence-electron chi connectivity index (χ1n) is 10.8. The van der Waals surface area contributed by atoms with Crippen molar-refractivity contribution in [3.05, 3.63) is 83.4 Å². The number of hydrogen-bond acceptors (Lipinski definition) is 3. The van der Waals surface area contributed by atoms with Gasteiger partial charge in [-0.25, -0.2) is 0 Å². The van der Waals surface area contributed by atoms with Crippen LogP contribution in [0, 0.1) is 17.3 Å². The van der Waals surface area contributed by atoms with Gasteiger partial charge in [0.25, 0.3) is 0 Å². The van der Waals surface area contributed by atoms with Gasteiger partial charge in [0, 0.05) is 11.0 Å². The van der Waals surface area contributed by atoms with Crippen molar-refractivity contribution >= 4 is 11.0 Å². The summed E-state index contributed by atoms with van der Waals surface area (Å²) in [6.45, 7) is 4.37. The van der Waals surface area contributed by atoms with Gasteiger partial charge in [-0.3, -0.25) is 0 Å². The Bertz CT molecular complexity index is 1310. The van der Waals surface area contributed by atoms with E-state index in [0.29, 0.717) is 17.0 Å². The van der Waals surface area contributed by atoms with Gasteiger partial charge < -0.3 is 5.11 Å². The number of aromatic hydroxyl groups is 1. The Kier molecular flexibility index (Phi) is 2.84. The molecule has 7 rings (SSSR count). The summed E-state index contributed by atoms with van der Waals surface area (Å²) in [5, 5.41) is 20.8. The van der Waals surface area contributed by atoms with Crippen molar-refractivity contribution in [1.82, 2.24) is 15.0 Å². The van der Waals surface area contributed by atoms with Gasteiger partial charge in [0.1, 0.15) is 22.5 Å². The summed E-state index contributed by atoms with van der Waals surface area (Å²) in [5.74, 6) is 2.78. The van der Waals surface area contributed by atoms with Crippen molar-refractivity contribution in [3.8, 4) is 11.4 Å². The second-order valence-corrected chi connectivity index (χ2v) is 9.83. The largest absolute Gasteiger partial charge is 0.505 e. The minimum Gasteiger partial charge on any atom is -0.505 e. The van der Waals surface area contributed by atoms with Crippen molar-refractivity contribution in [2.24, 2.45) is 17.3 Å². The van der Waals surface area contributed by atoms with Crippen LogP contribution >= 0.6 is 0 Å². The maximum Gasteiger partial charge on any atom is 0.147 e. The van der Waals surface area contributed by atoms with Crippen molar-refractivity contribution in [3.63, 3.8) is 0 Å². The fourth-order valence-electron chi connectivity index (χ4n) is 5.90. The third kappa shape index (κ3) is 1.97. The Morgan fingerprint density at radius 1 is 0.967 bits per heavy atom. The lowest BCUT2D eigenvalue weighted by Crippen LogP contribution is -2.20. The van der Waals surface area contributed by atoms with E-state index in [1.807, 2.05) is 30.3 Å². The topological polar surface area (TPSA) is 50.9 Å². The zero-order valence-corrected chi connectivity index (χ0v) is 17.1. The minimum absolute atomic E-state index is 0.270. The first kappa shape index (κ1) is 16.6. The molecule has 0 radical (unpaired) electrons. The van der Waals surface area contributed by atoms with Crippen molar-refractivity contribution in [2.45, 2.75) is 31.6 Å². The van der Waals surface area contributed by atoms with Crippen molar-refractivity contribution < 1.29 is 5.11 Å². The lowest BCUT2D eigenvalue weighted by atomic mass is 9.76. The van der Waals surface area contributed by atoms with E-state index in [1.165, 1.54) is 17.5 Å². The number of fused-ring (bicyclic) bond motifs is 2. The fourth-order valence-corrected chi connectivity index (χ4v) is 5.90. The molecule has 1 heterocycles. The van der Waals surface area contributed by atoms with Crippen LogP contribution in [0.2, 0.25) is 0 Å². The Morgan fingerprint density at radius 3 is 2.20 bits per heavy atom. The molecule has 4 nitrogen and oxygen atoms in total. The van der Waals surface area contributed by atoms with Gasteiger partial charge in [-0.1, -0.05) is 62.4 Å². The average molecular weight is 393 g/mol. The van der Waals surface area contributed by atoms with Gasteiger partial charge in [0.15, 0.2) is 0 Å². The van der Waals surface area contributed by atoms with Crippen molar-refractivity contribution in [1.29, 1.82) is 0 Å². The Hall–Kier alpha value is -3.14. The van der Waals surface area contributed by atoms with Crippen LogP contribution in [0.5, 0.6) is 5.75 Å². The highest BCUT2D eigenvalue weighted by molar-refractivity contribution is 5.74. The number of benzene rings is 3. The number of aromatic nitrogens is 3. The lowest BCUT2D eigenvalue weighted by Gasteiger charge is -2.28. The van der Waals surface area contributed by atoms with Gasteiger partial charge in [-0.2, -0.15) is 0 Å². The molecule has 1 aromatic heterocycles. The highest BCUT2D eigenvalue weighted by atomic mass is 16.3. The standard InChI is InChI=1S/C26H23N3O/c1-25(2,16-8-4-3-5-9-16)17-12-15(22-23-18-14-26(18,22)23)13-21(24(17)30)29-27-19-10-6-7-11-20(19)28-29/h3-13,18,22-23,30H,14H2,1-2H3. The van der Waals surface area contributed by atoms with Crippen LogP contribution in [0.1, 0.15) is 42.9 Å². The second kappa shape index (κ2) is 5.12. The molecule has 1 spiro atoms. The zero-order chi connectivity index (χ0) is 20.3. The van der Waals surface area contributed by atoms with Gasteiger partial charge in [0.2, 0.25) is 0 Å². The van der Waals surface area contributed by atoms with Crippen LogP contribution in [0.25, 0.3) is 16.7 Å². The molecule has 0 amide bonds. The average Bonchev–Trinajstić information content (AvgIpc) is 3.67. The maximum atomic E-state index is 11.4. The highest BCUT2D eigenvalue weighted by Gasteiger charge is 2.97. The quantitative estimate of drug-likeness (QED) is 0.519. The molecule has 3 fully saturated rings. The van der Waals surface area contributed by atoms with E-state index in [4.69, 9.17) is 0 Å². The summed E-state index contributed by atoms with van der Waals surface area (Å²) in [4.78, 5) is 1.62. The Balaban J connectivity index is 1.43. The first-order valence-corrected chi connectivity index (χ1v) is 10.8.